The number of nitrogens with one attached hydrogen (secondary N) is 4. The number of hydrogen-bond acceptors (Lipinski definition) is 7. The van der Waals surface area contributed by atoms with Gasteiger partial charge in [0.25, 0.3) is 17.7 Å². The van der Waals surface area contributed by atoms with E-state index >= 15 is 0 Å². The molecule has 3 rings (SSSR count). The quantitative estimate of drug-likeness (QED) is 0.207. The van der Waals surface area contributed by atoms with Gasteiger partial charge in [-0.2, -0.15) is 0 Å². The van der Waals surface area contributed by atoms with Crippen molar-refractivity contribution in [1.82, 2.24) is 21.7 Å². The normalized spacial score (nSPS) is 10.0. The Morgan fingerprint density at radius 1 is 0.611 bits per heavy atom. The number of esters is 1. The van der Waals surface area contributed by atoms with Gasteiger partial charge in [-0.3, -0.25) is 40.9 Å². The van der Waals surface area contributed by atoms with E-state index in [4.69, 9.17) is 4.74 Å². The average molecular weight is 507 g/mol. The minimum absolute atomic E-state index is 0.0919. The number of ether oxygens (including phenoxy) is 1. The van der Waals surface area contributed by atoms with Gasteiger partial charge < -0.3 is 4.74 Å². The molecule has 0 bridgehead atoms. The molecule has 3 aromatic rings. The molecule has 36 heavy (non-hydrogen) atoms. The van der Waals surface area contributed by atoms with Gasteiger partial charge in [-0.15, -0.1) is 11.8 Å². The predicted molar refractivity (Wildman–Crippen MR) is 132 cm³/mol. The summed E-state index contributed by atoms with van der Waals surface area (Å²) >= 11 is 1.06. The second-order valence-electron chi connectivity index (χ2n) is 7.10. The van der Waals surface area contributed by atoms with Crippen LogP contribution in [0.25, 0.3) is 0 Å². The van der Waals surface area contributed by atoms with Gasteiger partial charge in [0.1, 0.15) is 0 Å². The lowest BCUT2D eigenvalue weighted by atomic mass is 10.2. The zero-order valence-corrected chi connectivity index (χ0v) is 19.7. The van der Waals surface area contributed by atoms with Gasteiger partial charge >= 0.3 is 5.97 Å². The number of hydrazine groups is 2. The lowest BCUT2D eigenvalue weighted by Gasteiger charge is -2.11. The molecule has 11 heteroatoms. The summed E-state index contributed by atoms with van der Waals surface area (Å²) in [4.78, 5) is 61.0. The lowest BCUT2D eigenvalue weighted by molar-refractivity contribution is -0.125. The van der Waals surface area contributed by atoms with Gasteiger partial charge in [-0.05, 0) is 36.4 Å². The smallest absolute Gasteiger partial charge is 0.339 e. The van der Waals surface area contributed by atoms with Crippen LogP contribution >= 0.6 is 11.8 Å². The van der Waals surface area contributed by atoms with Crippen LogP contribution in [0.15, 0.2) is 89.8 Å². The minimum Gasteiger partial charge on any atom is -0.452 e. The van der Waals surface area contributed by atoms with Crippen molar-refractivity contribution in [1.29, 1.82) is 0 Å². The van der Waals surface area contributed by atoms with Crippen LogP contribution in [0.3, 0.4) is 0 Å². The van der Waals surface area contributed by atoms with Gasteiger partial charge in [0.05, 0.1) is 11.3 Å². The van der Waals surface area contributed by atoms with Gasteiger partial charge in [-0.25, -0.2) is 4.79 Å². The highest BCUT2D eigenvalue weighted by Crippen LogP contribution is 2.23. The summed E-state index contributed by atoms with van der Waals surface area (Å²) in [6, 6.07) is 23.1. The molecule has 0 saturated heterocycles. The van der Waals surface area contributed by atoms with Crippen molar-refractivity contribution < 1.29 is 28.7 Å². The van der Waals surface area contributed by atoms with Gasteiger partial charge in [0.15, 0.2) is 6.61 Å². The Balaban J connectivity index is 1.44. The zero-order chi connectivity index (χ0) is 25.8. The summed E-state index contributed by atoms with van der Waals surface area (Å²) in [6.07, 6.45) is 0. The van der Waals surface area contributed by atoms with Crippen molar-refractivity contribution in [3.8, 4) is 0 Å². The third-order valence-corrected chi connectivity index (χ3v) is 5.58. The maximum atomic E-state index is 12.5. The van der Waals surface area contributed by atoms with Crippen LogP contribution in [0.4, 0.5) is 0 Å². The highest BCUT2D eigenvalue weighted by Gasteiger charge is 2.16. The Kier molecular flexibility index (Phi) is 9.60. The molecule has 0 aliphatic rings. The number of amides is 4. The number of rotatable bonds is 8. The molecule has 0 saturated carbocycles. The predicted octanol–water partition coefficient (Wildman–Crippen LogP) is 1.86. The summed E-state index contributed by atoms with van der Waals surface area (Å²) in [5.74, 6) is -3.06. The zero-order valence-electron chi connectivity index (χ0n) is 18.9. The molecule has 0 spiro atoms. The molecule has 10 nitrogen and oxygen atoms in total. The summed E-state index contributed by atoms with van der Waals surface area (Å²) in [7, 11) is 0. The second-order valence-corrected chi connectivity index (χ2v) is 8.11. The van der Waals surface area contributed by atoms with E-state index in [0.717, 1.165) is 11.8 Å². The first-order chi connectivity index (χ1) is 17.4. The van der Waals surface area contributed by atoms with Crippen molar-refractivity contribution in [2.45, 2.75) is 4.90 Å². The highest BCUT2D eigenvalue weighted by atomic mass is 32.2. The first-order valence-corrected chi connectivity index (χ1v) is 11.6. The monoisotopic (exact) mass is 506 g/mol. The molecule has 0 fully saturated rings. The fourth-order valence-electron chi connectivity index (χ4n) is 2.76. The molecule has 0 aliphatic heterocycles. The van der Waals surface area contributed by atoms with E-state index in [1.165, 1.54) is 6.07 Å². The Hall–Kier alpha value is -4.64. The molecular weight excluding hydrogens is 484 g/mol. The molecule has 184 valence electrons. The summed E-state index contributed by atoms with van der Waals surface area (Å²) in [5.41, 5.74) is 9.93. The van der Waals surface area contributed by atoms with Crippen molar-refractivity contribution in [2.75, 3.05) is 12.4 Å². The lowest BCUT2D eigenvalue weighted by Crippen LogP contribution is -2.43. The number of carbonyl (C=O) groups excluding carboxylic acids is 5. The Labute approximate surface area is 210 Å². The third-order valence-electron chi connectivity index (χ3n) is 4.50. The third kappa shape index (κ3) is 7.99. The maximum absolute atomic E-state index is 12.5. The van der Waals surface area contributed by atoms with Crippen molar-refractivity contribution in [2.24, 2.45) is 0 Å². The summed E-state index contributed by atoms with van der Waals surface area (Å²) in [6.45, 7) is -0.626. The van der Waals surface area contributed by atoms with Crippen LogP contribution in [0.5, 0.6) is 0 Å². The van der Waals surface area contributed by atoms with E-state index in [1.807, 2.05) is 0 Å². The standard InChI is InChI=1S/C25H22N4O6S/c30-21(26-28-23(32)17-9-3-1-4-10-17)15-35-25(34)19-13-7-8-14-20(19)36-16-22(31)27-29-24(33)18-11-5-2-6-12-18/h1-14H,15-16H2,(H,26,30)(H,27,31)(H,28,32)(H,29,33). The number of hydrogen-bond donors (Lipinski definition) is 4. The van der Waals surface area contributed by atoms with Crippen LogP contribution in [-0.4, -0.2) is 42.0 Å². The van der Waals surface area contributed by atoms with E-state index in [1.54, 1.807) is 78.9 Å². The number of carbonyl (C=O) groups is 5. The van der Waals surface area contributed by atoms with E-state index < -0.39 is 36.2 Å². The first kappa shape index (κ1) is 26.0. The molecule has 4 amide bonds. The van der Waals surface area contributed by atoms with Gasteiger partial charge in [0, 0.05) is 16.0 Å². The van der Waals surface area contributed by atoms with Crippen LogP contribution in [0.2, 0.25) is 0 Å². The fourth-order valence-corrected chi connectivity index (χ4v) is 3.60. The largest absolute Gasteiger partial charge is 0.452 e. The van der Waals surface area contributed by atoms with E-state index in [0.29, 0.717) is 16.0 Å². The van der Waals surface area contributed by atoms with Crippen LogP contribution in [0.1, 0.15) is 31.1 Å². The molecule has 0 unspecified atom stereocenters. The molecule has 0 aromatic heterocycles. The van der Waals surface area contributed by atoms with Crippen molar-refractivity contribution in [3.05, 3.63) is 102 Å². The molecule has 0 heterocycles. The molecular formula is C25H22N4O6S. The topological polar surface area (TPSA) is 143 Å². The Morgan fingerprint density at radius 3 is 1.69 bits per heavy atom. The Morgan fingerprint density at radius 2 is 1.11 bits per heavy atom. The highest BCUT2D eigenvalue weighted by molar-refractivity contribution is 8.00. The summed E-state index contributed by atoms with van der Waals surface area (Å²) in [5, 5.41) is 0. The SMILES string of the molecule is O=C(COC(=O)c1ccccc1SCC(=O)NNC(=O)c1ccccc1)NNC(=O)c1ccccc1. The van der Waals surface area contributed by atoms with E-state index in [9.17, 15) is 24.0 Å². The number of benzene rings is 3. The second kappa shape index (κ2) is 13.3. The van der Waals surface area contributed by atoms with Crippen molar-refractivity contribution >= 4 is 41.4 Å². The molecule has 0 radical (unpaired) electrons. The van der Waals surface area contributed by atoms with Crippen molar-refractivity contribution in [3.63, 3.8) is 0 Å². The fraction of sp³-hybridized carbons (Fsp3) is 0.0800. The van der Waals surface area contributed by atoms with Crippen LogP contribution in [0, 0.1) is 0 Å². The van der Waals surface area contributed by atoms with Crippen LogP contribution < -0.4 is 21.7 Å². The van der Waals surface area contributed by atoms with Gasteiger partial charge in [-0.1, -0.05) is 48.5 Å². The molecule has 3 aromatic carbocycles. The van der Waals surface area contributed by atoms with E-state index in [2.05, 4.69) is 21.7 Å². The summed E-state index contributed by atoms with van der Waals surface area (Å²) < 4.78 is 5.03. The number of thioether (sulfide) groups is 1. The average Bonchev–Trinajstić information content (AvgIpc) is 2.93. The minimum atomic E-state index is -0.777. The van der Waals surface area contributed by atoms with Gasteiger partial charge in [0.2, 0.25) is 5.91 Å². The molecule has 4 N–H and O–H groups in total. The molecule has 0 atom stereocenters. The Bertz CT molecular complexity index is 1240. The van der Waals surface area contributed by atoms with E-state index in [-0.39, 0.29) is 11.3 Å². The van der Waals surface area contributed by atoms with Crippen LogP contribution in [-0.2, 0) is 14.3 Å². The first-order valence-electron chi connectivity index (χ1n) is 10.6. The maximum Gasteiger partial charge on any atom is 0.339 e. The molecule has 0 aliphatic carbocycles.